The van der Waals surface area contributed by atoms with Gasteiger partial charge in [-0.25, -0.2) is 16.5 Å². The molecular formula is C26H17F3Ir2N8-4. The van der Waals surface area contributed by atoms with Crippen LogP contribution in [0.5, 0.6) is 0 Å². The summed E-state index contributed by atoms with van der Waals surface area (Å²) in [6.07, 6.45) is 5.44. The summed E-state index contributed by atoms with van der Waals surface area (Å²) >= 11 is 0. The van der Waals surface area contributed by atoms with Crippen LogP contribution in [0.25, 0.3) is 0 Å². The Balaban J connectivity index is 0.000000205. The second kappa shape index (κ2) is 14.0. The molecule has 0 atom stereocenters. The Morgan fingerprint density at radius 1 is 0.590 bits per heavy atom. The number of hydrogen-bond acceptors (Lipinski definition) is 8. The van der Waals surface area contributed by atoms with Crippen LogP contribution in [0, 0.1) is 42.9 Å². The van der Waals surface area contributed by atoms with E-state index < -0.39 is 11.6 Å². The molecule has 0 spiro atoms. The second-order valence-corrected chi connectivity index (χ2v) is 7.52. The van der Waals surface area contributed by atoms with Gasteiger partial charge in [0.15, 0.2) is 0 Å². The molecule has 2 aliphatic rings. The Morgan fingerprint density at radius 2 is 1.05 bits per heavy atom. The van der Waals surface area contributed by atoms with E-state index in [2.05, 4.69) is 32.3 Å². The molecule has 0 N–H and O–H groups in total. The monoisotopic (exact) mass is 884 g/mol. The summed E-state index contributed by atoms with van der Waals surface area (Å²) in [5, 5.41) is 11.2. The Bertz CT molecular complexity index is 1320. The van der Waals surface area contributed by atoms with Gasteiger partial charge in [-0.2, -0.15) is 22.3 Å². The van der Waals surface area contributed by atoms with Gasteiger partial charge in [0.2, 0.25) is 0 Å². The molecule has 0 saturated heterocycles. The average Bonchev–Trinajstić information content (AvgIpc) is 3.62. The maximum Gasteiger partial charge on any atom is 0.123 e. The summed E-state index contributed by atoms with van der Waals surface area (Å²) in [6.45, 7) is 3.40. The maximum atomic E-state index is 12.8. The van der Waals surface area contributed by atoms with Crippen LogP contribution < -0.4 is 19.8 Å². The third kappa shape index (κ3) is 7.70. The van der Waals surface area contributed by atoms with Crippen LogP contribution in [-0.4, -0.2) is 22.6 Å². The first-order valence-corrected chi connectivity index (χ1v) is 10.9. The third-order valence-electron chi connectivity index (χ3n) is 4.98. The molecule has 0 aliphatic carbocycles. The van der Waals surface area contributed by atoms with Crippen molar-refractivity contribution in [2.45, 2.75) is 0 Å². The Kier molecular flexibility index (Phi) is 10.7. The van der Waals surface area contributed by atoms with Crippen LogP contribution in [0.2, 0.25) is 0 Å². The molecule has 13 heteroatoms. The van der Waals surface area contributed by atoms with Crippen molar-refractivity contribution in [1.82, 2.24) is 9.97 Å². The minimum absolute atomic E-state index is 0. The van der Waals surface area contributed by atoms with Crippen molar-refractivity contribution in [2.24, 2.45) is 10.2 Å². The van der Waals surface area contributed by atoms with Gasteiger partial charge in [-0.1, -0.05) is 18.2 Å². The van der Waals surface area contributed by atoms with Gasteiger partial charge in [0.05, 0.1) is 12.7 Å². The number of rotatable bonds is 4. The van der Waals surface area contributed by atoms with Crippen LogP contribution in [0.3, 0.4) is 0 Å². The number of anilines is 4. The SMILES string of the molecule is Fc1c[c-]c(N2[CH-]N(c3ccccc3)C=N2)nc1.Fc1ccc(N2C=NN(c3[c-]cc(F)cn3)[CH-]2)cc1.[Ir].[Ir]. The number of benzene rings is 2. The smallest absolute Gasteiger partial charge is 0.123 e. The van der Waals surface area contributed by atoms with Gasteiger partial charge in [-0.05, 0) is 60.4 Å². The second-order valence-electron chi connectivity index (χ2n) is 7.52. The van der Waals surface area contributed by atoms with Crippen LogP contribution in [0.4, 0.5) is 36.2 Å². The molecule has 6 rings (SSSR count). The quantitative estimate of drug-likeness (QED) is 0.271. The predicted octanol–water partition coefficient (Wildman–Crippen LogP) is 4.95. The number of hydrazone groups is 2. The third-order valence-corrected chi connectivity index (χ3v) is 4.98. The van der Waals surface area contributed by atoms with Crippen molar-refractivity contribution >= 4 is 35.7 Å². The molecule has 2 aromatic carbocycles. The van der Waals surface area contributed by atoms with Crippen molar-refractivity contribution in [3.05, 3.63) is 122 Å². The van der Waals surface area contributed by atoms with Gasteiger partial charge >= 0.3 is 0 Å². The van der Waals surface area contributed by atoms with E-state index in [9.17, 15) is 13.2 Å². The van der Waals surface area contributed by atoms with Gasteiger partial charge in [-0.3, -0.25) is 9.97 Å². The Hall–Kier alpha value is -3.63. The molecule has 0 bridgehead atoms. The Labute approximate surface area is 250 Å². The van der Waals surface area contributed by atoms with Gasteiger partial charge in [-0.15, -0.1) is 13.3 Å². The van der Waals surface area contributed by atoms with Crippen molar-refractivity contribution in [3.8, 4) is 0 Å². The van der Waals surface area contributed by atoms with E-state index in [-0.39, 0.29) is 46.0 Å². The predicted molar refractivity (Wildman–Crippen MR) is 134 cm³/mol. The summed E-state index contributed by atoms with van der Waals surface area (Å²) in [7, 11) is 0. The number of nitrogens with zero attached hydrogens (tertiary/aromatic N) is 8. The zero-order valence-corrected chi connectivity index (χ0v) is 24.5. The average molecular weight is 883 g/mol. The summed E-state index contributed by atoms with van der Waals surface area (Å²) in [4.78, 5) is 11.3. The van der Waals surface area contributed by atoms with E-state index >= 15 is 0 Å². The van der Waals surface area contributed by atoms with Gasteiger partial charge in [0.1, 0.15) is 5.82 Å². The van der Waals surface area contributed by atoms with Gasteiger partial charge in [0, 0.05) is 63.2 Å². The molecule has 4 aromatic rings. The molecule has 2 radical (unpaired) electrons. The van der Waals surface area contributed by atoms with E-state index in [1.165, 1.54) is 34.3 Å². The van der Waals surface area contributed by atoms with Crippen LogP contribution in [-0.2, 0) is 40.2 Å². The van der Waals surface area contributed by atoms with Crippen molar-refractivity contribution in [2.75, 3.05) is 19.8 Å². The minimum Gasteiger partial charge on any atom is -0.463 e. The van der Waals surface area contributed by atoms with Crippen molar-refractivity contribution < 1.29 is 53.4 Å². The fourth-order valence-electron chi connectivity index (χ4n) is 3.19. The van der Waals surface area contributed by atoms with E-state index in [0.29, 0.717) is 11.6 Å². The molecule has 0 unspecified atom stereocenters. The summed E-state index contributed by atoms with van der Waals surface area (Å²) in [5.41, 5.74) is 1.75. The molecule has 204 valence electrons. The standard InChI is InChI=1S/C13H8F2N4.C13H9FN4.2Ir/c14-10-1-4-12(5-2-10)18-8-17-19(9-18)13-6-3-11(15)7-16-13;14-11-6-7-13(15-8-11)18-10-17(9-16-18)12-4-2-1-3-5-12;;/h1-5,7-9H;1-6,8-10H;;/q2*-2;;. The molecule has 0 fully saturated rings. The minimum atomic E-state index is -0.456. The zero-order valence-electron chi connectivity index (χ0n) is 19.7. The maximum absolute atomic E-state index is 12.8. The Morgan fingerprint density at radius 3 is 1.49 bits per heavy atom. The first-order valence-electron chi connectivity index (χ1n) is 10.9. The van der Waals surface area contributed by atoms with E-state index in [1.807, 2.05) is 35.2 Å². The van der Waals surface area contributed by atoms with E-state index in [1.54, 1.807) is 43.0 Å². The van der Waals surface area contributed by atoms with Crippen molar-refractivity contribution in [3.63, 3.8) is 0 Å². The first-order chi connectivity index (χ1) is 18.0. The molecule has 2 aromatic heterocycles. The molecule has 4 heterocycles. The number of para-hydroxylation sites is 1. The largest absolute Gasteiger partial charge is 0.463 e. The number of hydrogen-bond donors (Lipinski definition) is 0. The normalized spacial score (nSPS) is 13.5. The molecule has 39 heavy (non-hydrogen) atoms. The number of pyridine rings is 2. The zero-order chi connectivity index (χ0) is 25.6. The molecule has 2 aliphatic heterocycles. The first kappa shape index (κ1) is 29.9. The van der Waals surface area contributed by atoms with Crippen LogP contribution >= 0.6 is 0 Å². The van der Waals surface area contributed by atoms with Gasteiger partial charge in [0.25, 0.3) is 0 Å². The number of halogens is 3. The number of aromatic nitrogens is 2. The topological polar surface area (TPSA) is 63.5 Å². The van der Waals surface area contributed by atoms with Gasteiger partial charge < -0.3 is 28.6 Å². The summed E-state index contributed by atoms with van der Waals surface area (Å²) in [5.74, 6) is -0.345. The molecule has 0 saturated carbocycles. The summed E-state index contributed by atoms with van der Waals surface area (Å²) in [6, 6.07) is 23.6. The van der Waals surface area contributed by atoms with E-state index in [0.717, 1.165) is 23.8 Å². The summed E-state index contributed by atoms with van der Waals surface area (Å²) < 4.78 is 38.3. The van der Waals surface area contributed by atoms with Crippen LogP contribution in [0.1, 0.15) is 0 Å². The fraction of sp³-hybridized carbons (Fsp3) is 0. The fourth-order valence-corrected chi connectivity index (χ4v) is 3.19. The molecule has 0 amide bonds. The molecule has 8 nitrogen and oxygen atoms in total. The van der Waals surface area contributed by atoms with Crippen LogP contribution in [0.15, 0.2) is 89.3 Å². The van der Waals surface area contributed by atoms with Crippen molar-refractivity contribution in [1.29, 1.82) is 0 Å². The van der Waals surface area contributed by atoms with E-state index in [4.69, 9.17) is 0 Å². The molecular weight excluding hydrogens is 866 g/mol.